The highest BCUT2D eigenvalue weighted by molar-refractivity contribution is 4.92. The van der Waals surface area contributed by atoms with Crippen LogP contribution in [0.4, 0.5) is 0 Å². The third kappa shape index (κ3) is 2.84. The molecule has 0 saturated carbocycles. The van der Waals surface area contributed by atoms with Crippen LogP contribution in [-0.2, 0) is 4.74 Å². The molecule has 0 saturated heterocycles. The van der Waals surface area contributed by atoms with E-state index in [1.807, 2.05) is 27.7 Å². The average molecular weight is 141 g/mol. The summed E-state index contributed by atoms with van der Waals surface area (Å²) in [7, 11) is 0. The van der Waals surface area contributed by atoms with Crippen molar-refractivity contribution in [3.05, 3.63) is 0 Å². The standard InChI is InChI=1S/C8H15NO/c1-5-10-7(6-9)8(2,3)4/h7H,5H2,1-4H3. The van der Waals surface area contributed by atoms with E-state index in [1.165, 1.54) is 0 Å². The first-order chi connectivity index (χ1) is 4.52. The minimum absolute atomic E-state index is 0.0647. The number of hydrogen-bond donors (Lipinski definition) is 0. The smallest absolute Gasteiger partial charge is 0.148 e. The first kappa shape index (κ1) is 9.45. The maximum absolute atomic E-state index is 8.62. The van der Waals surface area contributed by atoms with E-state index in [0.717, 1.165) is 0 Å². The molecule has 2 heteroatoms. The number of ether oxygens (including phenoxy) is 1. The monoisotopic (exact) mass is 141 g/mol. The van der Waals surface area contributed by atoms with E-state index in [2.05, 4.69) is 6.07 Å². The number of rotatable bonds is 2. The first-order valence-electron chi connectivity index (χ1n) is 3.53. The van der Waals surface area contributed by atoms with Gasteiger partial charge in [0, 0.05) is 12.0 Å². The van der Waals surface area contributed by atoms with Crippen LogP contribution < -0.4 is 0 Å². The van der Waals surface area contributed by atoms with E-state index >= 15 is 0 Å². The Morgan fingerprint density at radius 1 is 1.50 bits per heavy atom. The molecule has 0 spiro atoms. The van der Waals surface area contributed by atoms with Gasteiger partial charge >= 0.3 is 0 Å². The molecule has 0 aromatic heterocycles. The summed E-state index contributed by atoms with van der Waals surface area (Å²) in [6.45, 7) is 8.50. The van der Waals surface area contributed by atoms with Crippen molar-refractivity contribution in [3.63, 3.8) is 0 Å². The predicted molar refractivity (Wildman–Crippen MR) is 40.5 cm³/mol. The molecule has 0 aliphatic carbocycles. The second-order valence-corrected chi connectivity index (χ2v) is 3.33. The van der Waals surface area contributed by atoms with Gasteiger partial charge < -0.3 is 4.74 Å². The maximum Gasteiger partial charge on any atom is 0.148 e. The van der Waals surface area contributed by atoms with Crippen molar-refractivity contribution >= 4 is 0 Å². The average Bonchev–Trinajstić information content (AvgIpc) is 1.80. The molecule has 0 amide bonds. The van der Waals surface area contributed by atoms with Crippen molar-refractivity contribution < 1.29 is 4.74 Å². The molecule has 0 radical (unpaired) electrons. The van der Waals surface area contributed by atoms with Crippen molar-refractivity contribution in [1.29, 1.82) is 5.26 Å². The van der Waals surface area contributed by atoms with Crippen molar-refractivity contribution in [3.8, 4) is 6.07 Å². The van der Waals surface area contributed by atoms with Crippen LogP contribution >= 0.6 is 0 Å². The van der Waals surface area contributed by atoms with Gasteiger partial charge in [-0.05, 0) is 6.92 Å². The van der Waals surface area contributed by atoms with Crippen LogP contribution in [0.1, 0.15) is 27.7 Å². The van der Waals surface area contributed by atoms with Gasteiger partial charge in [0.25, 0.3) is 0 Å². The Morgan fingerprint density at radius 2 is 2.00 bits per heavy atom. The first-order valence-corrected chi connectivity index (χ1v) is 3.53. The van der Waals surface area contributed by atoms with Gasteiger partial charge in [-0.25, -0.2) is 0 Å². The van der Waals surface area contributed by atoms with Gasteiger partial charge in [-0.3, -0.25) is 0 Å². The van der Waals surface area contributed by atoms with Gasteiger partial charge in [0.15, 0.2) is 0 Å². The summed E-state index contributed by atoms with van der Waals surface area (Å²) in [5, 5.41) is 8.62. The van der Waals surface area contributed by atoms with E-state index < -0.39 is 0 Å². The van der Waals surface area contributed by atoms with Crippen LogP contribution in [0.25, 0.3) is 0 Å². The van der Waals surface area contributed by atoms with E-state index in [9.17, 15) is 0 Å². The molecule has 0 bridgehead atoms. The quantitative estimate of drug-likeness (QED) is 0.589. The van der Waals surface area contributed by atoms with Gasteiger partial charge in [-0.2, -0.15) is 5.26 Å². The van der Waals surface area contributed by atoms with Gasteiger partial charge in [-0.15, -0.1) is 0 Å². The number of nitriles is 1. The molecule has 0 heterocycles. The molecule has 0 fully saturated rings. The topological polar surface area (TPSA) is 33.0 Å². The number of hydrogen-bond acceptors (Lipinski definition) is 2. The largest absolute Gasteiger partial charge is 0.363 e. The Bertz CT molecular complexity index is 129. The molecule has 0 aliphatic heterocycles. The highest BCUT2D eigenvalue weighted by atomic mass is 16.5. The lowest BCUT2D eigenvalue weighted by atomic mass is 9.90. The van der Waals surface area contributed by atoms with Crippen LogP contribution in [0.5, 0.6) is 0 Å². The van der Waals surface area contributed by atoms with Crippen LogP contribution in [-0.4, -0.2) is 12.7 Å². The van der Waals surface area contributed by atoms with Crippen LogP contribution in [0.15, 0.2) is 0 Å². The molecule has 10 heavy (non-hydrogen) atoms. The molecular formula is C8H15NO. The maximum atomic E-state index is 8.62. The zero-order chi connectivity index (χ0) is 8.20. The third-order valence-corrected chi connectivity index (χ3v) is 1.24. The fourth-order valence-corrected chi connectivity index (χ4v) is 0.648. The summed E-state index contributed by atoms with van der Waals surface area (Å²) in [6.07, 6.45) is -0.280. The lowest BCUT2D eigenvalue weighted by molar-refractivity contribution is 0.0278. The van der Waals surface area contributed by atoms with E-state index in [4.69, 9.17) is 10.00 Å². The van der Waals surface area contributed by atoms with Gasteiger partial charge in [0.2, 0.25) is 0 Å². The molecule has 1 unspecified atom stereocenters. The second-order valence-electron chi connectivity index (χ2n) is 3.33. The number of nitrogens with zero attached hydrogens (tertiary/aromatic N) is 1. The lowest BCUT2D eigenvalue weighted by Crippen LogP contribution is -2.27. The molecule has 0 N–H and O–H groups in total. The van der Waals surface area contributed by atoms with Gasteiger partial charge in [0.1, 0.15) is 6.10 Å². The van der Waals surface area contributed by atoms with E-state index in [0.29, 0.717) is 6.61 Å². The van der Waals surface area contributed by atoms with Crippen molar-refractivity contribution in [2.45, 2.75) is 33.8 Å². The third-order valence-electron chi connectivity index (χ3n) is 1.24. The highest BCUT2D eigenvalue weighted by Gasteiger charge is 2.24. The predicted octanol–water partition coefficient (Wildman–Crippen LogP) is 1.96. The van der Waals surface area contributed by atoms with Gasteiger partial charge in [-0.1, -0.05) is 20.8 Å². The minimum atomic E-state index is -0.280. The molecule has 2 nitrogen and oxygen atoms in total. The second kappa shape index (κ2) is 3.58. The Balaban J connectivity index is 3.98. The molecule has 1 atom stereocenters. The van der Waals surface area contributed by atoms with Crippen LogP contribution in [0.3, 0.4) is 0 Å². The molecular weight excluding hydrogens is 126 g/mol. The SMILES string of the molecule is CCOC(C#N)C(C)(C)C. The summed E-state index contributed by atoms with van der Waals surface area (Å²) in [6, 6.07) is 2.12. The molecule has 0 aliphatic rings. The fraction of sp³-hybridized carbons (Fsp3) is 0.875. The van der Waals surface area contributed by atoms with Crippen LogP contribution in [0, 0.1) is 16.7 Å². The van der Waals surface area contributed by atoms with Crippen LogP contribution in [0.2, 0.25) is 0 Å². The van der Waals surface area contributed by atoms with E-state index in [-0.39, 0.29) is 11.5 Å². The molecule has 0 rings (SSSR count). The highest BCUT2D eigenvalue weighted by Crippen LogP contribution is 2.21. The minimum Gasteiger partial charge on any atom is -0.363 e. The normalized spacial score (nSPS) is 14.3. The van der Waals surface area contributed by atoms with Crippen molar-refractivity contribution in [2.24, 2.45) is 5.41 Å². The zero-order valence-corrected chi connectivity index (χ0v) is 7.14. The summed E-state index contributed by atoms with van der Waals surface area (Å²) >= 11 is 0. The van der Waals surface area contributed by atoms with Crippen molar-refractivity contribution in [1.82, 2.24) is 0 Å². The molecule has 0 aromatic carbocycles. The van der Waals surface area contributed by atoms with Crippen molar-refractivity contribution in [2.75, 3.05) is 6.61 Å². The Kier molecular flexibility index (Phi) is 3.38. The molecule has 0 aromatic rings. The molecule has 58 valence electrons. The summed E-state index contributed by atoms with van der Waals surface area (Å²) in [5.41, 5.74) is -0.0647. The van der Waals surface area contributed by atoms with Gasteiger partial charge in [0.05, 0.1) is 6.07 Å². The summed E-state index contributed by atoms with van der Waals surface area (Å²) in [4.78, 5) is 0. The Hall–Kier alpha value is -0.550. The summed E-state index contributed by atoms with van der Waals surface area (Å²) in [5.74, 6) is 0. The Morgan fingerprint density at radius 3 is 2.10 bits per heavy atom. The lowest BCUT2D eigenvalue weighted by Gasteiger charge is -2.23. The fourth-order valence-electron chi connectivity index (χ4n) is 0.648. The van der Waals surface area contributed by atoms with E-state index in [1.54, 1.807) is 0 Å². The summed E-state index contributed by atoms with van der Waals surface area (Å²) < 4.78 is 5.19. The zero-order valence-electron chi connectivity index (χ0n) is 7.14. The Labute approximate surface area is 62.8 Å².